The van der Waals surface area contributed by atoms with E-state index in [1.54, 1.807) is 7.11 Å². The van der Waals surface area contributed by atoms with E-state index < -0.39 is 0 Å². The van der Waals surface area contributed by atoms with Gasteiger partial charge in [0.25, 0.3) is 0 Å². The van der Waals surface area contributed by atoms with Crippen molar-refractivity contribution < 1.29 is 13.9 Å². The molecule has 1 N–H and O–H groups in total. The molecule has 0 spiro atoms. The monoisotopic (exact) mass is 304 g/mol. The number of benzene rings is 1. The van der Waals surface area contributed by atoms with Gasteiger partial charge < -0.3 is 19.2 Å². The second-order valence-electron chi connectivity index (χ2n) is 6.12. The van der Waals surface area contributed by atoms with Crippen LogP contribution in [0.25, 0.3) is 11.1 Å². The highest BCUT2D eigenvalue weighted by molar-refractivity contribution is 5.80. The van der Waals surface area contributed by atoms with E-state index in [9.17, 15) is 0 Å². The van der Waals surface area contributed by atoms with E-state index in [4.69, 9.17) is 13.9 Å². The molecular weight excluding hydrogens is 280 g/mol. The molecule has 1 aromatic carbocycles. The van der Waals surface area contributed by atoms with Gasteiger partial charge >= 0.3 is 0 Å². The standard InChI is InChI=1S/C17H24N2O3/c1-11(2)17-19-14-7-12(8-15(20-3)16(14)22-17)9-18-10-13-5-4-6-21-13/h7-8,11,13,18H,4-6,9-10H2,1-3H3/t13-/m0/s1. The molecule has 0 saturated carbocycles. The van der Waals surface area contributed by atoms with Crippen molar-refractivity contribution in [2.24, 2.45) is 0 Å². The van der Waals surface area contributed by atoms with Crippen LogP contribution in [0.5, 0.6) is 5.75 Å². The largest absolute Gasteiger partial charge is 0.493 e. The van der Waals surface area contributed by atoms with E-state index in [0.717, 1.165) is 54.4 Å². The number of methoxy groups -OCH3 is 1. The van der Waals surface area contributed by atoms with E-state index in [1.807, 2.05) is 6.07 Å². The third-order valence-corrected chi connectivity index (χ3v) is 3.97. The van der Waals surface area contributed by atoms with Gasteiger partial charge in [-0.25, -0.2) is 4.98 Å². The predicted molar refractivity (Wildman–Crippen MR) is 85.3 cm³/mol. The Hall–Kier alpha value is -1.59. The lowest BCUT2D eigenvalue weighted by molar-refractivity contribution is 0.110. The number of oxazole rings is 1. The van der Waals surface area contributed by atoms with Gasteiger partial charge in [0.15, 0.2) is 17.2 Å². The number of hydrogen-bond acceptors (Lipinski definition) is 5. The molecule has 0 amide bonds. The van der Waals surface area contributed by atoms with Crippen molar-refractivity contribution >= 4 is 11.1 Å². The van der Waals surface area contributed by atoms with Gasteiger partial charge in [-0.05, 0) is 30.5 Å². The zero-order valence-corrected chi connectivity index (χ0v) is 13.5. The van der Waals surface area contributed by atoms with Crippen LogP contribution in [0.15, 0.2) is 16.5 Å². The lowest BCUT2D eigenvalue weighted by Crippen LogP contribution is -2.25. The van der Waals surface area contributed by atoms with Gasteiger partial charge in [0.05, 0.1) is 13.2 Å². The highest BCUT2D eigenvalue weighted by Gasteiger charge is 2.16. The summed E-state index contributed by atoms with van der Waals surface area (Å²) in [5.41, 5.74) is 2.73. The van der Waals surface area contributed by atoms with Crippen molar-refractivity contribution in [2.45, 2.75) is 45.3 Å². The Kier molecular flexibility index (Phi) is 4.64. The number of fused-ring (bicyclic) bond motifs is 1. The maximum absolute atomic E-state index is 5.82. The average molecular weight is 304 g/mol. The smallest absolute Gasteiger partial charge is 0.198 e. The number of ether oxygens (including phenoxy) is 2. The lowest BCUT2D eigenvalue weighted by atomic mass is 10.1. The molecule has 1 aliphatic rings. The van der Waals surface area contributed by atoms with Gasteiger partial charge in [-0.1, -0.05) is 13.8 Å². The molecule has 1 fully saturated rings. The van der Waals surface area contributed by atoms with Crippen LogP contribution in [0.3, 0.4) is 0 Å². The van der Waals surface area contributed by atoms with Crippen molar-refractivity contribution in [3.05, 3.63) is 23.6 Å². The van der Waals surface area contributed by atoms with E-state index in [0.29, 0.717) is 6.10 Å². The molecule has 3 rings (SSSR count). The average Bonchev–Trinajstić information content (AvgIpc) is 3.15. The summed E-state index contributed by atoms with van der Waals surface area (Å²) in [5.74, 6) is 1.75. The molecule has 2 aromatic rings. The van der Waals surface area contributed by atoms with Crippen molar-refractivity contribution in [3.8, 4) is 5.75 Å². The van der Waals surface area contributed by atoms with E-state index in [2.05, 4.69) is 30.2 Å². The number of nitrogens with one attached hydrogen (secondary N) is 1. The molecule has 0 unspecified atom stereocenters. The maximum Gasteiger partial charge on any atom is 0.198 e. The third-order valence-electron chi connectivity index (χ3n) is 3.97. The van der Waals surface area contributed by atoms with E-state index in [1.165, 1.54) is 6.42 Å². The van der Waals surface area contributed by atoms with Gasteiger partial charge in [-0.15, -0.1) is 0 Å². The summed E-state index contributed by atoms with van der Waals surface area (Å²) in [6.45, 7) is 6.69. The van der Waals surface area contributed by atoms with Crippen LogP contribution >= 0.6 is 0 Å². The third kappa shape index (κ3) is 3.25. The second kappa shape index (κ2) is 6.67. The molecular formula is C17H24N2O3. The quantitative estimate of drug-likeness (QED) is 0.888. The molecule has 1 atom stereocenters. The van der Waals surface area contributed by atoms with Crippen LogP contribution in [0.1, 0.15) is 44.1 Å². The number of rotatable bonds is 6. The van der Waals surface area contributed by atoms with Crippen molar-refractivity contribution in [1.82, 2.24) is 10.3 Å². The Morgan fingerprint density at radius 3 is 2.95 bits per heavy atom. The van der Waals surface area contributed by atoms with E-state index >= 15 is 0 Å². The fraction of sp³-hybridized carbons (Fsp3) is 0.588. The first-order valence-corrected chi connectivity index (χ1v) is 7.97. The summed E-state index contributed by atoms with van der Waals surface area (Å²) < 4.78 is 16.9. The van der Waals surface area contributed by atoms with Crippen LogP contribution in [0.4, 0.5) is 0 Å². The lowest BCUT2D eigenvalue weighted by Gasteiger charge is -2.11. The Bertz CT molecular complexity index is 630. The van der Waals surface area contributed by atoms with Gasteiger partial charge in [0.2, 0.25) is 0 Å². The Labute approximate surface area is 131 Å². The molecule has 5 nitrogen and oxygen atoms in total. The molecule has 1 aliphatic heterocycles. The van der Waals surface area contributed by atoms with Gasteiger partial charge in [0.1, 0.15) is 5.52 Å². The Balaban J connectivity index is 1.74. The van der Waals surface area contributed by atoms with Crippen LogP contribution < -0.4 is 10.1 Å². The van der Waals surface area contributed by atoms with Crippen molar-refractivity contribution in [3.63, 3.8) is 0 Å². The molecule has 0 bridgehead atoms. The van der Waals surface area contributed by atoms with Crippen LogP contribution in [-0.4, -0.2) is 31.3 Å². The van der Waals surface area contributed by atoms with Crippen LogP contribution in [-0.2, 0) is 11.3 Å². The minimum absolute atomic E-state index is 0.262. The zero-order valence-electron chi connectivity index (χ0n) is 13.5. The highest BCUT2D eigenvalue weighted by atomic mass is 16.5. The van der Waals surface area contributed by atoms with Crippen molar-refractivity contribution in [2.75, 3.05) is 20.3 Å². The molecule has 0 aliphatic carbocycles. The fourth-order valence-corrected chi connectivity index (χ4v) is 2.76. The SMILES string of the molecule is COc1cc(CNC[C@@H]2CCCO2)cc2nc(C(C)C)oc12. The normalized spacial score (nSPS) is 18.5. The highest BCUT2D eigenvalue weighted by Crippen LogP contribution is 2.30. The zero-order chi connectivity index (χ0) is 15.5. The summed E-state index contributed by atoms with van der Waals surface area (Å²) in [6.07, 6.45) is 2.67. The maximum atomic E-state index is 5.82. The van der Waals surface area contributed by atoms with Gasteiger partial charge in [0, 0.05) is 25.6 Å². The molecule has 1 aromatic heterocycles. The molecule has 1 saturated heterocycles. The Morgan fingerprint density at radius 1 is 1.41 bits per heavy atom. The van der Waals surface area contributed by atoms with Gasteiger partial charge in [-0.3, -0.25) is 0 Å². The second-order valence-corrected chi connectivity index (χ2v) is 6.12. The first kappa shape index (κ1) is 15.3. The number of hydrogen-bond donors (Lipinski definition) is 1. The van der Waals surface area contributed by atoms with Crippen molar-refractivity contribution in [1.29, 1.82) is 0 Å². The molecule has 120 valence electrons. The summed E-state index contributed by atoms with van der Waals surface area (Å²) in [4.78, 5) is 4.57. The summed E-state index contributed by atoms with van der Waals surface area (Å²) in [7, 11) is 1.66. The first-order chi connectivity index (χ1) is 10.7. The first-order valence-electron chi connectivity index (χ1n) is 7.97. The Morgan fingerprint density at radius 2 is 2.27 bits per heavy atom. The number of aromatic nitrogens is 1. The van der Waals surface area contributed by atoms with E-state index in [-0.39, 0.29) is 5.92 Å². The predicted octanol–water partition coefficient (Wildman–Crippen LogP) is 3.23. The summed E-state index contributed by atoms with van der Waals surface area (Å²) >= 11 is 0. The topological polar surface area (TPSA) is 56.5 Å². The molecule has 0 radical (unpaired) electrons. The molecule has 5 heteroatoms. The minimum Gasteiger partial charge on any atom is -0.493 e. The van der Waals surface area contributed by atoms with Gasteiger partial charge in [-0.2, -0.15) is 0 Å². The molecule has 22 heavy (non-hydrogen) atoms. The molecule has 2 heterocycles. The van der Waals surface area contributed by atoms with Crippen LogP contribution in [0, 0.1) is 0 Å². The minimum atomic E-state index is 0.262. The fourth-order valence-electron chi connectivity index (χ4n) is 2.76. The number of nitrogens with zero attached hydrogens (tertiary/aromatic N) is 1. The summed E-state index contributed by atoms with van der Waals surface area (Å²) in [6, 6.07) is 4.08. The summed E-state index contributed by atoms with van der Waals surface area (Å²) in [5, 5.41) is 3.45. The van der Waals surface area contributed by atoms with Crippen LogP contribution in [0.2, 0.25) is 0 Å².